The Bertz CT molecular complexity index is 1340. The van der Waals surface area contributed by atoms with Crippen molar-refractivity contribution in [2.24, 2.45) is 7.05 Å². The van der Waals surface area contributed by atoms with E-state index >= 15 is 0 Å². The molecule has 0 atom stereocenters. The molecule has 38 heavy (non-hydrogen) atoms. The van der Waals surface area contributed by atoms with Gasteiger partial charge in [0, 0.05) is 32.6 Å². The molecule has 204 valence electrons. The van der Waals surface area contributed by atoms with E-state index in [-0.39, 0.29) is 28.1 Å². The first kappa shape index (κ1) is 29.5. The average molecular weight is 580 g/mol. The first-order valence-electron chi connectivity index (χ1n) is 11.7. The van der Waals surface area contributed by atoms with Gasteiger partial charge in [-0.1, -0.05) is 23.4 Å². The van der Waals surface area contributed by atoms with Gasteiger partial charge in [-0.3, -0.25) is 9.59 Å². The molecule has 0 saturated heterocycles. The van der Waals surface area contributed by atoms with Gasteiger partial charge >= 0.3 is 5.97 Å². The number of benzene rings is 1. The highest BCUT2D eigenvalue weighted by Crippen LogP contribution is 2.34. The van der Waals surface area contributed by atoms with Crippen LogP contribution in [0, 0.1) is 13.8 Å². The topological polar surface area (TPSA) is 116 Å². The molecule has 0 unspecified atom stereocenters. The number of nitrogens with one attached hydrogen (secondary N) is 1. The second kappa shape index (κ2) is 13.1. The van der Waals surface area contributed by atoms with E-state index in [1.165, 1.54) is 23.8 Å². The number of halogens is 1. The highest BCUT2D eigenvalue weighted by atomic mass is 35.5. The van der Waals surface area contributed by atoms with E-state index in [0.717, 1.165) is 34.9 Å². The maximum atomic E-state index is 12.7. The van der Waals surface area contributed by atoms with Crippen molar-refractivity contribution >= 4 is 57.5 Å². The molecule has 0 aliphatic rings. The predicted octanol–water partition coefficient (Wildman–Crippen LogP) is 4.38. The van der Waals surface area contributed by atoms with E-state index in [9.17, 15) is 14.4 Å². The Labute approximate surface area is 234 Å². The average Bonchev–Trinajstić information content (AvgIpc) is 3.39. The summed E-state index contributed by atoms with van der Waals surface area (Å²) in [5.74, 6) is 0.392. The molecule has 2 heterocycles. The zero-order chi connectivity index (χ0) is 28.0. The molecule has 1 aromatic carbocycles. The third kappa shape index (κ3) is 7.06. The maximum absolute atomic E-state index is 12.7. The number of esters is 1. The van der Waals surface area contributed by atoms with Crippen LogP contribution in [0.3, 0.4) is 0 Å². The quantitative estimate of drug-likeness (QED) is 0.202. The highest BCUT2D eigenvalue weighted by Gasteiger charge is 2.27. The van der Waals surface area contributed by atoms with Crippen molar-refractivity contribution in [1.29, 1.82) is 0 Å². The second-order valence-corrected chi connectivity index (χ2v) is 11.0. The number of hydrogen-bond acceptors (Lipinski definition) is 9. The number of thioether (sulfide) groups is 1. The molecule has 0 radical (unpaired) electrons. The molecule has 0 aliphatic carbocycles. The Hall–Kier alpha value is -3.09. The predicted molar refractivity (Wildman–Crippen MR) is 149 cm³/mol. The van der Waals surface area contributed by atoms with Crippen LogP contribution in [0.1, 0.15) is 43.4 Å². The van der Waals surface area contributed by atoms with E-state index in [1.54, 1.807) is 27.1 Å². The largest absolute Gasteiger partial charge is 0.493 e. The number of rotatable bonds is 11. The maximum Gasteiger partial charge on any atom is 0.341 e. The number of amides is 2. The third-order valence-corrected chi connectivity index (χ3v) is 8.04. The number of carbonyl (C=O) groups is 3. The Balaban J connectivity index is 1.57. The Kier molecular flexibility index (Phi) is 10.2. The van der Waals surface area contributed by atoms with Crippen LogP contribution in [0.15, 0.2) is 23.4 Å². The van der Waals surface area contributed by atoms with Crippen LogP contribution in [0.2, 0.25) is 5.02 Å². The highest BCUT2D eigenvalue weighted by molar-refractivity contribution is 7.99. The lowest BCUT2D eigenvalue weighted by atomic mass is 10.1. The van der Waals surface area contributed by atoms with E-state index in [0.29, 0.717) is 33.6 Å². The van der Waals surface area contributed by atoms with E-state index in [4.69, 9.17) is 21.1 Å². The summed E-state index contributed by atoms with van der Waals surface area (Å²) in [6, 6.07) is 5.51. The standard InChI is InChI=1S/C25H30ClN5O5S2/c1-14-12-16(26)9-10-17(14)36-11-7-8-18-28-29-25(31(18)5)37-13-19(32)27-22-20(24(34)35-6)15(2)21(38-22)23(33)30(3)4/h9-10,12H,7-8,11,13H2,1-6H3,(H,27,32). The van der Waals surface area contributed by atoms with Gasteiger partial charge in [-0.15, -0.1) is 21.5 Å². The molecule has 13 heteroatoms. The lowest BCUT2D eigenvalue weighted by molar-refractivity contribution is -0.113. The van der Waals surface area contributed by atoms with Gasteiger partial charge in [0.2, 0.25) is 5.91 Å². The first-order chi connectivity index (χ1) is 18.0. The molecular formula is C25H30ClN5O5S2. The number of hydrogen-bond donors (Lipinski definition) is 1. The van der Waals surface area contributed by atoms with Crippen LogP contribution in [0.25, 0.3) is 0 Å². The van der Waals surface area contributed by atoms with E-state index in [2.05, 4.69) is 15.5 Å². The van der Waals surface area contributed by atoms with Crippen molar-refractivity contribution in [1.82, 2.24) is 19.7 Å². The summed E-state index contributed by atoms with van der Waals surface area (Å²) in [5, 5.41) is 12.7. The van der Waals surface area contributed by atoms with E-state index in [1.807, 2.05) is 30.7 Å². The minimum atomic E-state index is -0.618. The molecule has 0 aliphatic heterocycles. The number of aryl methyl sites for hydroxylation is 2. The number of ether oxygens (including phenoxy) is 2. The van der Waals surface area contributed by atoms with Gasteiger partial charge in [0.15, 0.2) is 5.16 Å². The number of methoxy groups -OCH3 is 1. The fourth-order valence-corrected chi connectivity index (χ4v) is 5.71. The molecule has 3 rings (SSSR count). The van der Waals surface area contributed by atoms with Gasteiger partial charge < -0.3 is 24.3 Å². The van der Waals surface area contributed by atoms with Gasteiger partial charge in [0.1, 0.15) is 16.6 Å². The summed E-state index contributed by atoms with van der Waals surface area (Å²) in [6.07, 6.45) is 1.39. The van der Waals surface area contributed by atoms with Crippen LogP contribution in [-0.4, -0.2) is 71.0 Å². The lowest BCUT2D eigenvalue weighted by Crippen LogP contribution is -2.21. The van der Waals surface area contributed by atoms with Crippen LogP contribution >= 0.6 is 34.7 Å². The molecule has 0 fully saturated rings. The normalized spacial score (nSPS) is 10.8. The van der Waals surface area contributed by atoms with Crippen molar-refractivity contribution < 1.29 is 23.9 Å². The first-order valence-corrected chi connectivity index (χ1v) is 13.8. The van der Waals surface area contributed by atoms with Crippen LogP contribution in [0.4, 0.5) is 5.00 Å². The molecule has 2 aromatic heterocycles. The smallest absolute Gasteiger partial charge is 0.341 e. The summed E-state index contributed by atoms with van der Waals surface area (Å²) in [6.45, 7) is 4.12. The zero-order valence-corrected chi connectivity index (χ0v) is 24.5. The SMILES string of the molecule is COC(=O)c1c(NC(=O)CSc2nnc(CCCOc3ccc(Cl)cc3C)n2C)sc(C(=O)N(C)C)c1C. The van der Waals surface area contributed by atoms with Crippen LogP contribution in [0.5, 0.6) is 5.75 Å². The molecule has 0 spiro atoms. The number of anilines is 1. The Morgan fingerprint density at radius 3 is 2.61 bits per heavy atom. The third-order valence-electron chi connectivity index (χ3n) is 5.59. The van der Waals surface area contributed by atoms with Gasteiger partial charge in [0.05, 0.1) is 29.9 Å². The lowest BCUT2D eigenvalue weighted by Gasteiger charge is -2.09. The zero-order valence-electron chi connectivity index (χ0n) is 22.1. The van der Waals surface area contributed by atoms with Crippen molar-refractivity contribution in [3.05, 3.63) is 50.6 Å². The fourth-order valence-electron chi connectivity index (χ4n) is 3.52. The summed E-state index contributed by atoms with van der Waals surface area (Å²) >= 11 is 8.26. The molecule has 3 aromatic rings. The van der Waals surface area contributed by atoms with Crippen molar-refractivity contribution in [2.45, 2.75) is 31.8 Å². The Morgan fingerprint density at radius 2 is 1.95 bits per heavy atom. The number of carbonyl (C=O) groups excluding carboxylic acids is 3. The van der Waals surface area contributed by atoms with Gasteiger partial charge in [0.25, 0.3) is 5.91 Å². The summed E-state index contributed by atoms with van der Waals surface area (Å²) < 4.78 is 12.5. The molecule has 1 N–H and O–H groups in total. The number of thiophene rings is 1. The minimum absolute atomic E-state index is 0.0411. The minimum Gasteiger partial charge on any atom is -0.493 e. The number of nitrogens with zero attached hydrogens (tertiary/aromatic N) is 4. The fraction of sp³-hybridized carbons (Fsp3) is 0.400. The molecule has 0 saturated carbocycles. The van der Waals surface area contributed by atoms with Gasteiger partial charge in [-0.25, -0.2) is 4.79 Å². The molecular weight excluding hydrogens is 550 g/mol. The van der Waals surface area contributed by atoms with Crippen molar-refractivity contribution in [2.75, 3.05) is 38.9 Å². The molecule has 0 bridgehead atoms. The van der Waals surface area contributed by atoms with Crippen LogP contribution in [-0.2, 0) is 23.0 Å². The number of aromatic nitrogens is 3. The van der Waals surface area contributed by atoms with Crippen molar-refractivity contribution in [3.63, 3.8) is 0 Å². The Morgan fingerprint density at radius 1 is 1.21 bits per heavy atom. The van der Waals surface area contributed by atoms with E-state index < -0.39 is 5.97 Å². The summed E-state index contributed by atoms with van der Waals surface area (Å²) in [7, 11) is 6.34. The monoisotopic (exact) mass is 579 g/mol. The molecule has 10 nitrogen and oxygen atoms in total. The van der Waals surface area contributed by atoms with Gasteiger partial charge in [-0.2, -0.15) is 0 Å². The molecule has 2 amide bonds. The second-order valence-electron chi connectivity index (χ2n) is 8.61. The summed E-state index contributed by atoms with van der Waals surface area (Å²) in [5.41, 5.74) is 1.62. The van der Waals surface area contributed by atoms with Gasteiger partial charge in [-0.05, 0) is 49.6 Å². The van der Waals surface area contributed by atoms with Crippen LogP contribution < -0.4 is 10.1 Å². The van der Waals surface area contributed by atoms with Crippen molar-refractivity contribution in [3.8, 4) is 5.75 Å². The summed E-state index contributed by atoms with van der Waals surface area (Å²) in [4.78, 5) is 39.4.